The summed E-state index contributed by atoms with van der Waals surface area (Å²) in [5.74, 6) is -0.421. The van der Waals surface area contributed by atoms with Crippen molar-refractivity contribution in [2.45, 2.75) is 20.3 Å². The number of aryl methyl sites for hydroxylation is 1. The lowest BCUT2D eigenvalue weighted by atomic mass is 10.3. The van der Waals surface area contributed by atoms with Crippen LogP contribution in [0.15, 0.2) is 36.4 Å². The van der Waals surface area contributed by atoms with Crippen LogP contribution >= 0.6 is 11.3 Å². The highest BCUT2D eigenvalue weighted by Gasteiger charge is 2.17. The maximum atomic E-state index is 12.3. The molecular formula is C18H20N4O2S. The Balaban J connectivity index is 1.80. The summed E-state index contributed by atoms with van der Waals surface area (Å²) in [5.41, 5.74) is 1.82. The zero-order valence-corrected chi connectivity index (χ0v) is 15.0. The second-order valence-electron chi connectivity index (χ2n) is 5.69. The van der Waals surface area contributed by atoms with Gasteiger partial charge >= 0.3 is 0 Å². The van der Waals surface area contributed by atoms with Gasteiger partial charge in [0.05, 0.1) is 22.8 Å². The van der Waals surface area contributed by atoms with Crippen LogP contribution in [0.4, 0.5) is 0 Å². The third kappa shape index (κ3) is 3.71. The second kappa shape index (κ2) is 7.48. The normalized spacial score (nSPS) is 10.8. The van der Waals surface area contributed by atoms with E-state index in [2.05, 4.69) is 15.7 Å². The first kappa shape index (κ1) is 17.2. The molecule has 0 spiro atoms. The summed E-state index contributed by atoms with van der Waals surface area (Å²) in [5, 5.41) is 10.9. The average Bonchev–Trinajstić information content (AvgIpc) is 3.19. The molecule has 0 aliphatic carbocycles. The lowest BCUT2D eigenvalue weighted by Gasteiger charge is -2.04. The van der Waals surface area contributed by atoms with Crippen molar-refractivity contribution in [1.29, 1.82) is 0 Å². The maximum absolute atomic E-state index is 12.3. The Morgan fingerprint density at radius 1 is 1.20 bits per heavy atom. The molecule has 25 heavy (non-hydrogen) atoms. The van der Waals surface area contributed by atoms with Crippen LogP contribution in [0.1, 0.15) is 28.7 Å². The summed E-state index contributed by atoms with van der Waals surface area (Å²) in [7, 11) is 0. The molecule has 0 atom stereocenters. The summed E-state index contributed by atoms with van der Waals surface area (Å²) >= 11 is 1.37. The van der Waals surface area contributed by atoms with E-state index in [9.17, 15) is 9.59 Å². The Kier molecular flexibility index (Phi) is 5.14. The predicted molar refractivity (Wildman–Crippen MR) is 99.3 cm³/mol. The number of fused-ring (bicyclic) bond motifs is 1. The van der Waals surface area contributed by atoms with Crippen molar-refractivity contribution in [3.63, 3.8) is 0 Å². The predicted octanol–water partition coefficient (Wildman–Crippen LogP) is 2.65. The molecule has 0 saturated heterocycles. The molecule has 130 valence electrons. The van der Waals surface area contributed by atoms with Crippen LogP contribution in [0, 0.1) is 6.92 Å². The lowest BCUT2D eigenvalue weighted by Crippen LogP contribution is -2.36. The highest BCUT2D eigenvalue weighted by Crippen LogP contribution is 2.30. The van der Waals surface area contributed by atoms with E-state index in [4.69, 9.17) is 0 Å². The molecule has 3 aromatic rings. The number of nitrogens with one attached hydrogen (secondary N) is 2. The van der Waals surface area contributed by atoms with Gasteiger partial charge in [-0.15, -0.1) is 11.3 Å². The van der Waals surface area contributed by atoms with Crippen LogP contribution in [0.25, 0.3) is 15.9 Å². The molecule has 1 aromatic carbocycles. The van der Waals surface area contributed by atoms with Crippen molar-refractivity contribution in [2.24, 2.45) is 0 Å². The number of hydrogen-bond acceptors (Lipinski definition) is 4. The van der Waals surface area contributed by atoms with E-state index in [0.717, 1.165) is 28.0 Å². The van der Waals surface area contributed by atoms with Crippen LogP contribution in [0.3, 0.4) is 0 Å². The number of carbonyl (C=O) groups excluding carboxylic acids is 2. The van der Waals surface area contributed by atoms with Gasteiger partial charge in [-0.1, -0.05) is 25.1 Å². The van der Waals surface area contributed by atoms with Gasteiger partial charge in [0.15, 0.2) is 0 Å². The highest BCUT2D eigenvalue weighted by molar-refractivity contribution is 7.20. The van der Waals surface area contributed by atoms with E-state index in [-0.39, 0.29) is 18.4 Å². The second-order valence-corrected chi connectivity index (χ2v) is 6.73. The van der Waals surface area contributed by atoms with Crippen LogP contribution in [0.2, 0.25) is 0 Å². The Hall–Kier alpha value is -2.67. The Bertz CT molecular complexity index is 899. The molecule has 0 unspecified atom stereocenters. The van der Waals surface area contributed by atoms with Gasteiger partial charge in [-0.05, 0) is 31.5 Å². The van der Waals surface area contributed by atoms with Crippen molar-refractivity contribution < 1.29 is 9.59 Å². The fourth-order valence-corrected chi connectivity index (χ4v) is 3.58. The molecule has 2 heterocycles. The Morgan fingerprint density at radius 3 is 2.68 bits per heavy atom. The summed E-state index contributed by atoms with van der Waals surface area (Å²) in [6, 6.07) is 11.6. The van der Waals surface area contributed by atoms with Gasteiger partial charge < -0.3 is 10.6 Å². The number of thiophene rings is 1. The lowest BCUT2D eigenvalue weighted by molar-refractivity contribution is -0.120. The minimum atomic E-state index is -0.244. The fourth-order valence-electron chi connectivity index (χ4n) is 2.48. The molecule has 0 fully saturated rings. The van der Waals surface area contributed by atoms with Crippen molar-refractivity contribution in [2.75, 3.05) is 13.1 Å². The first-order valence-corrected chi connectivity index (χ1v) is 9.01. The minimum absolute atomic E-state index is 0.0170. The maximum Gasteiger partial charge on any atom is 0.261 e. The molecule has 0 radical (unpaired) electrons. The molecule has 7 heteroatoms. The van der Waals surface area contributed by atoms with Crippen LogP contribution in [-0.2, 0) is 4.79 Å². The summed E-state index contributed by atoms with van der Waals surface area (Å²) in [6.45, 7) is 4.50. The number of benzene rings is 1. The van der Waals surface area contributed by atoms with Crippen LogP contribution in [0.5, 0.6) is 0 Å². The zero-order chi connectivity index (χ0) is 17.8. The van der Waals surface area contributed by atoms with Crippen molar-refractivity contribution in [3.05, 3.63) is 47.0 Å². The number of amides is 2. The van der Waals surface area contributed by atoms with Gasteiger partial charge in [0.25, 0.3) is 5.91 Å². The number of para-hydroxylation sites is 1. The van der Waals surface area contributed by atoms with Crippen molar-refractivity contribution in [3.8, 4) is 5.69 Å². The number of carbonyl (C=O) groups is 2. The number of nitrogens with zero attached hydrogens (tertiary/aromatic N) is 2. The molecule has 6 nitrogen and oxygen atoms in total. The SMILES string of the molecule is CCCNC(=O)CNC(=O)c1cc2c(C)nn(-c3ccccc3)c2s1. The van der Waals surface area contributed by atoms with E-state index in [1.165, 1.54) is 11.3 Å². The topological polar surface area (TPSA) is 76.0 Å². The van der Waals surface area contributed by atoms with E-state index in [0.29, 0.717) is 11.4 Å². The van der Waals surface area contributed by atoms with Gasteiger partial charge in [-0.3, -0.25) is 9.59 Å². The molecule has 2 N–H and O–H groups in total. The van der Waals surface area contributed by atoms with E-state index in [1.54, 1.807) is 0 Å². The van der Waals surface area contributed by atoms with Gasteiger partial charge in [0.2, 0.25) is 5.91 Å². The molecule has 3 rings (SSSR count). The monoisotopic (exact) mass is 356 g/mol. The van der Waals surface area contributed by atoms with E-state index in [1.807, 2.05) is 54.9 Å². The van der Waals surface area contributed by atoms with Crippen molar-refractivity contribution in [1.82, 2.24) is 20.4 Å². The molecule has 2 aromatic heterocycles. The third-order valence-corrected chi connectivity index (χ3v) is 4.86. The minimum Gasteiger partial charge on any atom is -0.355 e. The molecule has 2 amide bonds. The first-order valence-electron chi connectivity index (χ1n) is 8.19. The van der Waals surface area contributed by atoms with Crippen LogP contribution in [-0.4, -0.2) is 34.7 Å². The first-order chi connectivity index (χ1) is 12.1. The number of aromatic nitrogens is 2. The molecule has 0 aliphatic rings. The van der Waals surface area contributed by atoms with Crippen molar-refractivity contribution >= 4 is 33.4 Å². The third-order valence-electron chi connectivity index (χ3n) is 3.75. The Labute approximate surface area is 149 Å². The van der Waals surface area contributed by atoms with E-state index < -0.39 is 0 Å². The molecule has 0 aliphatic heterocycles. The van der Waals surface area contributed by atoms with E-state index >= 15 is 0 Å². The van der Waals surface area contributed by atoms with Gasteiger partial charge in [0, 0.05) is 11.9 Å². The van der Waals surface area contributed by atoms with Gasteiger partial charge in [-0.2, -0.15) is 5.10 Å². The number of hydrogen-bond donors (Lipinski definition) is 2. The highest BCUT2D eigenvalue weighted by atomic mass is 32.1. The molecule has 0 bridgehead atoms. The summed E-state index contributed by atoms with van der Waals surface area (Å²) < 4.78 is 1.85. The standard InChI is InChI=1S/C18H20N4O2S/c1-3-9-19-16(23)11-20-17(24)15-10-14-12(2)21-22(18(14)25-15)13-7-5-4-6-8-13/h4-8,10H,3,9,11H2,1-2H3,(H,19,23)(H,20,24). The fraction of sp³-hybridized carbons (Fsp3) is 0.278. The summed E-state index contributed by atoms with van der Waals surface area (Å²) in [4.78, 5) is 25.4. The quantitative estimate of drug-likeness (QED) is 0.713. The molecule has 0 saturated carbocycles. The Morgan fingerprint density at radius 2 is 1.96 bits per heavy atom. The summed E-state index contributed by atoms with van der Waals surface area (Å²) in [6.07, 6.45) is 0.866. The zero-order valence-electron chi connectivity index (χ0n) is 14.2. The van der Waals surface area contributed by atoms with Gasteiger partial charge in [-0.25, -0.2) is 4.68 Å². The van der Waals surface area contributed by atoms with Crippen LogP contribution < -0.4 is 10.6 Å². The number of rotatable bonds is 6. The van der Waals surface area contributed by atoms with Gasteiger partial charge in [0.1, 0.15) is 4.83 Å². The molecular weight excluding hydrogens is 336 g/mol. The largest absolute Gasteiger partial charge is 0.355 e. The smallest absolute Gasteiger partial charge is 0.261 e. The average molecular weight is 356 g/mol.